The Morgan fingerprint density at radius 1 is 1.00 bits per heavy atom. The molecule has 1 aromatic carbocycles. The summed E-state index contributed by atoms with van der Waals surface area (Å²) >= 11 is 1.16. The van der Waals surface area contributed by atoms with Crippen LogP contribution in [0.15, 0.2) is 42.7 Å². The number of urea groups is 1. The van der Waals surface area contributed by atoms with E-state index in [0.717, 1.165) is 35.1 Å². The van der Waals surface area contributed by atoms with Gasteiger partial charge in [0.1, 0.15) is 16.6 Å². The topological polar surface area (TPSA) is 79.8 Å². The van der Waals surface area contributed by atoms with Gasteiger partial charge < -0.3 is 5.32 Å². The molecular weight excluding hydrogens is 324 g/mol. The molecule has 3 aromatic rings. The molecule has 9 heteroatoms. The third-order valence-corrected chi connectivity index (χ3v) is 3.58. The number of halogens is 2. The number of carbonyl (C=O) groups is 1. The maximum absolute atomic E-state index is 13.1. The summed E-state index contributed by atoms with van der Waals surface area (Å²) in [5.41, 5.74) is 0.817. The van der Waals surface area contributed by atoms with Crippen LogP contribution in [0.1, 0.15) is 0 Å². The van der Waals surface area contributed by atoms with Gasteiger partial charge in [0.15, 0.2) is 0 Å². The summed E-state index contributed by atoms with van der Waals surface area (Å²) in [6.45, 7) is 0. The van der Waals surface area contributed by atoms with Crippen molar-refractivity contribution < 1.29 is 13.6 Å². The highest BCUT2D eigenvalue weighted by molar-refractivity contribution is 7.18. The second kappa shape index (κ2) is 6.44. The molecule has 0 saturated heterocycles. The predicted octanol–water partition coefficient (Wildman–Crippen LogP) is 3.52. The van der Waals surface area contributed by atoms with Crippen LogP contribution in [0.3, 0.4) is 0 Å². The van der Waals surface area contributed by atoms with Gasteiger partial charge in [0, 0.05) is 29.7 Å². The molecule has 6 nitrogen and oxygen atoms in total. The van der Waals surface area contributed by atoms with Crippen molar-refractivity contribution in [2.75, 3.05) is 10.6 Å². The minimum atomic E-state index is -0.781. The third kappa shape index (κ3) is 3.83. The largest absolute Gasteiger partial charge is 0.325 e. The van der Waals surface area contributed by atoms with E-state index < -0.39 is 17.7 Å². The lowest BCUT2D eigenvalue weighted by Crippen LogP contribution is -2.19. The number of hydrogen-bond acceptors (Lipinski definition) is 5. The van der Waals surface area contributed by atoms with Crippen LogP contribution in [-0.4, -0.2) is 21.2 Å². The van der Waals surface area contributed by atoms with Gasteiger partial charge in [0.25, 0.3) is 0 Å². The van der Waals surface area contributed by atoms with E-state index in [1.54, 1.807) is 24.5 Å². The van der Waals surface area contributed by atoms with Gasteiger partial charge >= 0.3 is 6.03 Å². The number of hydrogen-bond donors (Lipinski definition) is 2. The lowest BCUT2D eigenvalue weighted by atomic mass is 10.3. The van der Waals surface area contributed by atoms with Crippen LogP contribution in [0.4, 0.5) is 24.4 Å². The fourth-order valence-corrected chi connectivity index (χ4v) is 2.51. The molecule has 0 aliphatic rings. The van der Waals surface area contributed by atoms with E-state index in [-0.39, 0.29) is 10.8 Å². The first-order valence-electron chi connectivity index (χ1n) is 6.38. The second-order valence-corrected chi connectivity index (χ2v) is 5.36. The lowest BCUT2D eigenvalue weighted by molar-refractivity contribution is 0.262. The van der Waals surface area contributed by atoms with E-state index >= 15 is 0 Å². The minimum Gasteiger partial charge on any atom is -0.307 e. The van der Waals surface area contributed by atoms with Crippen molar-refractivity contribution in [3.05, 3.63) is 54.4 Å². The Morgan fingerprint density at radius 3 is 2.39 bits per heavy atom. The number of nitrogens with one attached hydrogen (secondary N) is 2. The molecule has 0 fully saturated rings. The fraction of sp³-hybridized carbons (Fsp3) is 0. The summed E-state index contributed by atoms with van der Waals surface area (Å²) in [5, 5.41) is 13.4. The molecule has 0 saturated carbocycles. The van der Waals surface area contributed by atoms with Crippen molar-refractivity contribution in [2.24, 2.45) is 0 Å². The van der Waals surface area contributed by atoms with Crippen LogP contribution in [0.2, 0.25) is 0 Å². The Morgan fingerprint density at radius 2 is 1.70 bits per heavy atom. The van der Waals surface area contributed by atoms with Crippen LogP contribution in [0.5, 0.6) is 0 Å². The summed E-state index contributed by atoms with van der Waals surface area (Å²) in [4.78, 5) is 15.7. The van der Waals surface area contributed by atoms with Gasteiger partial charge in [-0.15, -0.1) is 10.2 Å². The number of benzene rings is 1. The molecule has 0 spiro atoms. The molecule has 2 N–H and O–H groups in total. The zero-order valence-corrected chi connectivity index (χ0v) is 12.3. The average Bonchev–Trinajstić information content (AvgIpc) is 2.95. The van der Waals surface area contributed by atoms with E-state index in [1.165, 1.54) is 0 Å². The standard InChI is InChI=1S/C14H9F2N5OS/c15-9-5-10(16)7-11(6-9)18-13(22)19-14-21-20-12(23-14)8-1-3-17-4-2-8/h1-7H,(H2,18,19,21,22). The highest BCUT2D eigenvalue weighted by Gasteiger charge is 2.10. The Kier molecular flexibility index (Phi) is 4.20. The van der Waals surface area contributed by atoms with Crippen LogP contribution in [0.25, 0.3) is 10.6 Å². The third-order valence-electron chi connectivity index (χ3n) is 2.69. The Hall–Kier alpha value is -2.94. The zero-order valence-electron chi connectivity index (χ0n) is 11.5. The predicted molar refractivity (Wildman–Crippen MR) is 82.1 cm³/mol. The zero-order chi connectivity index (χ0) is 16.2. The molecule has 2 heterocycles. The minimum absolute atomic E-state index is 0.00104. The first kappa shape index (κ1) is 15.0. The number of aromatic nitrogens is 3. The smallest absolute Gasteiger partial charge is 0.307 e. The number of nitrogens with zero attached hydrogens (tertiary/aromatic N) is 3. The lowest BCUT2D eigenvalue weighted by Gasteiger charge is -2.05. The maximum atomic E-state index is 13.1. The van der Waals surface area contributed by atoms with Gasteiger partial charge in [-0.2, -0.15) is 0 Å². The fourth-order valence-electron chi connectivity index (χ4n) is 1.77. The monoisotopic (exact) mass is 333 g/mol. The van der Waals surface area contributed by atoms with E-state index in [9.17, 15) is 13.6 Å². The van der Waals surface area contributed by atoms with E-state index in [4.69, 9.17) is 0 Å². The summed E-state index contributed by atoms with van der Waals surface area (Å²) in [6.07, 6.45) is 3.24. The first-order valence-corrected chi connectivity index (χ1v) is 7.20. The van der Waals surface area contributed by atoms with Crippen molar-refractivity contribution in [2.45, 2.75) is 0 Å². The number of carbonyl (C=O) groups excluding carboxylic acids is 1. The number of amides is 2. The summed E-state index contributed by atoms with van der Waals surface area (Å²) in [7, 11) is 0. The van der Waals surface area contributed by atoms with Crippen molar-refractivity contribution in [3.8, 4) is 10.6 Å². The van der Waals surface area contributed by atoms with Gasteiger partial charge in [-0.25, -0.2) is 13.6 Å². The summed E-state index contributed by atoms with van der Waals surface area (Å²) < 4.78 is 26.1. The van der Waals surface area contributed by atoms with Crippen LogP contribution >= 0.6 is 11.3 Å². The first-order chi connectivity index (χ1) is 11.1. The van der Waals surface area contributed by atoms with Crippen LogP contribution in [-0.2, 0) is 0 Å². The maximum Gasteiger partial charge on any atom is 0.325 e. The van der Waals surface area contributed by atoms with Gasteiger partial charge in [-0.05, 0) is 24.3 Å². The molecule has 0 radical (unpaired) electrons. The molecule has 0 bridgehead atoms. The second-order valence-electron chi connectivity index (χ2n) is 4.39. The molecule has 116 valence electrons. The SMILES string of the molecule is O=C(Nc1cc(F)cc(F)c1)Nc1nnc(-c2ccncc2)s1. The molecule has 0 aliphatic heterocycles. The molecule has 3 rings (SSSR count). The highest BCUT2D eigenvalue weighted by atomic mass is 32.1. The molecule has 0 aliphatic carbocycles. The van der Waals surface area contributed by atoms with E-state index in [0.29, 0.717) is 5.01 Å². The quantitative estimate of drug-likeness (QED) is 0.768. The molecular formula is C14H9F2N5OS. The average molecular weight is 333 g/mol. The Labute approximate surface area is 133 Å². The molecule has 2 aromatic heterocycles. The molecule has 23 heavy (non-hydrogen) atoms. The highest BCUT2D eigenvalue weighted by Crippen LogP contribution is 2.25. The van der Waals surface area contributed by atoms with Crippen molar-refractivity contribution >= 4 is 28.2 Å². The van der Waals surface area contributed by atoms with Crippen molar-refractivity contribution in [1.82, 2.24) is 15.2 Å². The molecule has 2 amide bonds. The van der Waals surface area contributed by atoms with E-state index in [1.807, 2.05) is 0 Å². The summed E-state index contributed by atoms with van der Waals surface area (Å²) in [5.74, 6) is -1.56. The van der Waals surface area contributed by atoms with Crippen LogP contribution < -0.4 is 10.6 Å². The van der Waals surface area contributed by atoms with Crippen molar-refractivity contribution in [1.29, 1.82) is 0 Å². The molecule has 0 unspecified atom stereocenters. The van der Waals surface area contributed by atoms with Gasteiger partial charge in [0.05, 0.1) is 0 Å². The van der Waals surface area contributed by atoms with Gasteiger partial charge in [-0.3, -0.25) is 10.3 Å². The number of pyridine rings is 1. The normalized spacial score (nSPS) is 10.3. The van der Waals surface area contributed by atoms with Gasteiger partial charge in [0.2, 0.25) is 5.13 Å². The molecule has 0 atom stereocenters. The van der Waals surface area contributed by atoms with E-state index in [2.05, 4.69) is 25.8 Å². The Balaban J connectivity index is 1.68. The number of rotatable bonds is 3. The summed E-state index contributed by atoms with van der Waals surface area (Å²) in [6, 6.07) is 5.58. The van der Waals surface area contributed by atoms with Gasteiger partial charge in [-0.1, -0.05) is 11.3 Å². The van der Waals surface area contributed by atoms with Crippen LogP contribution in [0, 0.1) is 11.6 Å². The Bertz CT molecular complexity index is 820. The number of anilines is 2. The van der Waals surface area contributed by atoms with Crippen molar-refractivity contribution in [3.63, 3.8) is 0 Å².